The fraction of sp³-hybridized carbons (Fsp3) is 0.923. The smallest absolute Gasteiger partial charge is 0.138 e. The van der Waals surface area contributed by atoms with E-state index in [1.807, 2.05) is 0 Å². The second-order valence-electron chi connectivity index (χ2n) is 5.63. The van der Waals surface area contributed by atoms with E-state index >= 15 is 0 Å². The molecule has 0 spiro atoms. The largest absolute Gasteiger partial charge is 0.299 e. The Balaban J connectivity index is 1.91. The summed E-state index contributed by atoms with van der Waals surface area (Å²) in [6.07, 6.45) is 5.69. The molecule has 0 saturated carbocycles. The van der Waals surface area contributed by atoms with Crippen molar-refractivity contribution in [3.63, 3.8) is 0 Å². The highest BCUT2D eigenvalue weighted by atomic mass is 16.1. The lowest BCUT2D eigenvalue weighted by atomic mass is 9.83. The van der Waals surface area contributed by atoms with Gasteiger partial charge in [-0.05, 0) is 38.1 Å². The Morgan fingerprint density at radius 3 is 3.00 bits per heavy atom. The van der Waals surface area contributed by atoms with Crippen LogP contribution >= 0.6 is 0 Å². The molecule has 2 fully saturated rings. The zero-order chi connectivity index (χ0) is 10.8. The lowest BCUT2D eigenvalue weighted by molar-refractivity contribution is -0.130. The van der Waals surface area contributed by atoms with Crippen LogP contribution in [0, 0.1) is 11.8 Å². The van der Waals surface area contributed by atoms with Gasteiger partial charge in [0.2, 0.25) is 0 Å². The number of nitrogens with zero attached hydrogens (tertiary/aromatic N) is 1. The summed E-state index contributed by atoms with van der Waals surface area (Å²) >= 11 is 0. The van der Waals surface area contributed by atoms with Gasteiger partial charge in [0.15, 0.2) is 0 Å². The zero-order valence-electron chi connectivity index (χ0n) is 10.0. The first-order chi connectivity index (χ1) is 7.16. The fourth-order valence-corrected chi connectivity index (χ4v) is 2.94. The summed E-state index contributed by atoms with van der Waals surface area (Å²) in [6.45, 7) is 6.82. The number of carbonyl (C=O) groups is 1. The SMILES string of the molecule is CC(C)CCC1CC(=O)C2CCCN1C2. The van der Waals surface area contributed by atoms with Gasteiger partial charge in [-0.25, -0.2) is 0 Å². The van der Waals surface area contributed by atoms with Crippen molar-refractivity contribution in [2.75, 3.05) is 13.1 Å². The van der Waals surface area contributed by atoms with E-state index in [0.717, 1.165) is 25.3 Å². The number of hydrogen-bond acceptors (Lipinski definition) is 2. The van der Waals surface area contributed by atoms with Crippen molar-refractivity contribution in [1.82, 2.24) is 4.90 Å². The first kappa shape index (κ1) is 11.1. The number of Topliss-reactive ketones (excluding diaryl/α,β-unsaturated/α-hetero) is 1. The van der Waals surface area contributed by atoms with Crippen LogP contribution in [0.5, 0.6) is 0 Å². The van der Waals surface area contributed by atoms with Crippen molar-refractivity contribution in [3.05, 3.63) is 0 Å². The van der Waals surface area contributed by atoms with Crippen molar-refractivity contribution >= 4 is 5.78 Å². The number of rotatable bonds is 3. The van der Waals surface area contributed by atoms with E-state index in [1.54, 1.807) is 0 Å². The summed E-state index contributed by atoms with van der Waals surface area (Å²) in [7, 11) is 0. The molecule has 2 saturated heterocycles. The quantitative estimate of drug-likeness (QED) is 0.711. The van der Waals surface area contributed by atoms with Crippen LogP contribution in [-0.2, 0) is 4.79 Å². The van der Waals surface area contributed by atoms with Gasteiger partial charge < -0.3 is 0 Å². The average molecular weight is 209 g/mol. The van der Waals surface area contributed by atoms with E-state index in [-0.39, 0.29) is 0 Å². The maximum atomic E-state index is 11.8. The predicted octanol–water partition coefficient (Wildman–Crippen LogP) is 2.48. The van der Waals surface area contributed by atoms with E-state index in [9.17, 15) is 4.79 Å². The van der Waals surface area contributed by atoms with Gasteiger partial charge in [0, 0.05) is 24.9 Å². The summed E-state index contributed by atoms with van der Waals surface area (Å²) in [6, 6.07) is 0.566. The molecule has 0 N–H and O–H groups in total. The maximum Gasteiger partial charge on any atom is 0.138 e. The van der Waals surface area contributed by atoms with Crippen LogP contribution in [0.2, 0.25) is 0 Å². The van der Waals surface area contributed by atoms with E-state index < -0.39 is 0 Å². The van der Waals surface area contributed by atoms with Gasteiger partial charge in [0.1, 0.15) is 5.78 Å². The molecule has 0 aliphatic carbocycles. The molecule has 0 amide bonds. The average Bonchev–Trinajstić information content (AvgIpc) is 2.22. The van der Waals surface area contributed by atoms with Crippen LogP contribution in [0.15, 0.2) is 0 Å². The van der Waals surface area contributed by atoms with Gasteiger partial charge in [-0.15, -0.1) is 0 Å². The van der Waals surface area contributed by atoms with Gasteiger partial charge in [-0.1, -0.05) is 13.8 Å². The topological polar surface area (TPSA) is 20.3 Å². The van der Waals surface area contributed by atoms with E-state index in [1.165, 1.54) is 25.8 Å². The van der Waals surface area contributed by atoms with Crippen LogP contribution in [0.1, 0.15) is 46.0 Å². The fourth-order valence-electron chi connectivity index (χ4n) is 2.94. The maximum absolute atomic E-state index is 11.8. The van der Waals surface area contributed by atoms with Crippen LogP contribution < -0.4 is 0 Å². The minimum Gasteiger partial charge on any atom is -0.299 e. The second-order valence-corrected chi connectivity index (χ2v) is 5.63. The first-order valence-electron chi connectivity index (χ1n) is 6.43. The lowest BCUT2D eigenvalue weighted by Crippen LogP contribution is -2.51. The Labute approximate surface area is 93.0 Å². The number of ketones is 1. The van der Waals surface area contributed by atoms with Crippen LogP contribution in [0.3, 0.4) is 0 Å². The first-order valence-corrected chi connectivity index (χ1v) is 6.43. The van der Waals surface area contributed by atoms with Crippen molar-refractivity contribution in [1.29, 1.82) is 0 Å². The van der Waals surface area contributed by atoms with E-state index in [2.05, 4.69) is 18.7 Å². The molecule has 0 radical (unpaired) electrons. The van der Waals surface area contributed by atoms with Crippen molar-refractivity contribution in [2.24, 2.45) is 11.8 Å². The molecule has 2 rings (SSSR count). The molecule has 2 nitrogen and oxygen atoms in total. The molecule has 2 aliphatic rings. The highest BCUT2D eigenvalue weighted by Crippen LogP contribution is 2.30. The summed E-state index contributed by atoms with van der Waals surface area (Å²) in [5.74, 6) is 1.69. The van der Waals surface area contributed by atoms with Crippen molar-refractivity contribution < 1.29 is 4.79 Å². The number of carbonyl (C=O) groups excluding carboxylic acids is 1. The summed E-state index contributed by atoms with van der Waals surface area (Å²) in [4.78, 5) is 14.4. The summed E-state index contributed by atoms with van der Waals surface area (Å²) < 4.78 is 0. The van der Waals surface area contributed by atoms with Crippen LogP contribution in [-0.4, -0.2) is 29.8 Å². The molecule has 2 bridgehead atoms. The number of piperidine rings is 2. The van der Waals surface area contributed by atoms with Gasteiger partial charge in [-0.2, -0.15) is 0 Å². The van der Waals surface area contributed by atoms with Crippen molar-refractivity contribution in [3.8, 4) is 0 Å². The minimum absolute atomic E-state index is 0.383. The normalized spacial score (nSPS) is 35.9. The Morgan fingerprint density at radius 2 is 2.27 bits per heavy atom. The van der Waals surface area contributed by atoms with Crippen LogP contribution in [0.25, 0.3) is 0 Å². The van der Waals surface area contributed by atoms with Gasteiger partial charge in [0.25, 0.3) is 0 Å². The van der Waals surface area contributed by atoms with Gasteiger partial charge in [0.05, 0.1) is 0 Å². The summed E-state index contributed by atoms with van der Waals surface area (Å²) in [5.41, 5.74) is 0. The Hall–Kier alpha value is -0.370. The molecule has 86 valence electrons. The third-order valence-corrected chi connectivity index (χ3v) is 3.94. The molecule has 0 aromatic rings. The van der Waals surface area contributed by atoms with Crippen LogP contribution in [0.4, 0.5) is 0 Å². The molecule has 2 heteroatoms. The standard InChI is InChI=1S/C13H23NO/c1-10(2)5-6-12-8-13(15)11-4-3-7-14(12)9-11/h10-12H,3-9H2,1-2H3. The molecule has 0 aromatic carbocycles. The second kappa shape index (κ2) is 4.65. The minimum atomic E-state index is 0.383. The molecule has 15 heavy (non-hydrogen) atoms. The molecule has 3 unspecified atom stereocenters. The Morgan fingerprint density at radius 1 is 1.47 bits per heavy atom. The molecule has 3 atom stereocenters. The highest BCUT2D eigenvalue weighted by Gasteiger charge is 2.36. The summed E-state index contributed by atoms with van der Waals surface area (Å²) in [5, 5.41) is 0. The molecule has 2 aliphatic heterocycles. The monoisotopic (exact) mass is 209 g/mol. The third-order valence-electron chi connectivity index (χ3n) is 3.94. The molecule has 2 heterocycles. The molecular formula is C13H23NO. The lowest BCUT2D eigenvalue weighted by Gasteiger charge is -2.42. The zero-order valence-corrected chi connectivity index (χ0v) is 10.0. The van der Waals surface area contributed by atoms with Crippen molar-refractivity contribution in [2.45, 2.75) is 52.0 Å². The van der Waals surface area contributed by atoms with E-state index in [0.29, 0.717) is 17.7 Å². The Bertz CT molecular complexity index is 237. The highest BCUT2D eigenvalue weighted by molar-refractivity contribution is 5.82. The number of hydrogen-bond donors (Lipinski definition) is 0. The van der Waals surface area contributed by atoms with Gasteiger partial charge >= 0.3 is 0 Å². The number of fused-ring (bicyclic) bond motifs is 2. The molecule has 0 aromatic heterocycles. The van der Waals surface area contributed by atoms with Gasteiger partial charge in [-0.3, -0.25) is 9.69 Å². The third kappa shape index (κ3) is 2.60. The predicted molar refractivity (Wildman–Crippen MR) is 61.8 cm³/mol. The van der Waals surface area contributed by atoms with E-state index in [4.69, 9.17) is 0 Å². The Kier molecular flexibility index (Phi) is 3.45. The molecular weight excluding hydrogens is 186 g/mol.